The van der Waals surface area contributed by atoms with Gasteiger partial charge in [-0.2, -0.15) is 0 Å². The van der Waals surface area contributed by atoms with Crippen molar-refractivity contribution in [1.82, 2.24) is 0 Å². The van der Waals surface area contributed by atoms with E-state index in [4.69, 9.17) is 10.0 Å². The van der Waals surface area contributed by atoms with Crippen LogP contribution in [0.1, 0.15) is 5.56 Å². The molecule has 0 aromatic heterocycles. The van der Waals surface area contributed by atoms with E-state index in [1.54, 1.807) is 0 Å². The normalized spacial score (nSPS) is 8.23. The molecule has 0 saturated heterocycles. The highest BCUT2D eigenvalue weighted by molar-refractivity contribution is 6.38. The molecule has 0 aliphatic carbocycles. The van der Waals surface area contributed by atoms with E-state index in [1.807, 2.05) is 24.3 Å². The average molecular weight is 178 g/mol. The predicted octanol–water partition coefficient (Wildman–Crippen LogP) is 1.50. The monoisotopic (exact) mass is 178 g/mol. The van der Waals surface area contributed by atoms with Crippen molar-refractivity contribution >= 4 is 7.12 Å². The second-order valence-corrected chi connectivity index (χ2v) is 2.61. The molecule has 0 aliphatic rings. The minimum Gasteiger partial charge on any atom is -0.427 e. The minimum atomic E-state index is -1.17. The van der Waals surface area contributed by atoms with Crippen LogP contribution in [0.15, 0.2) is 43.0 Å². The first-order chi connectivity index (χ1) is 6.16. The van der Waals surface area contributed by atoms with Gasteiger partial charge in [0.15, 0.2) is 0 Å². The molecule has 13 heavy (non-hydrogen) atoms. The van der Waals surface area contributed by atoms with Gasteiger partial charge in [0, 0.05) is 0 Å². The molecule has 3 heteroatoms. The molecule has 0 amide bonds. The van der Waals surface area contributed by atoms with Crippen molar-refractivity contribution in [2.75, 3.05) is 0 Å². The number of rotatable bonds is 2. The summed E-state index contributed by atoms with van der Waals surface area (Å²) in [5, 5.41) is 15.2. The molecule has 0 aliphatic heterocycles. The Morgan fingerprint density at radius 2 is 1.77 bits per heavy atom. The van der Waals surface area contributed by atoms with Gasteiger partial charge in [0.1, 0.15) is 0 Å². The maximum atomic E-state index is 7.61. The summed E-state index contributed by atoms with van der Waals surface area (Å²) in [7, 11) is -1.17. The lowest BCUT2D eigenvalue weighted by Crippen LogP contribution is -2.00. The third-order valence-corrected chi connectivity index (χ3v) is 1.22. The van der Waals surface area contributed by atoms with Gasteiger partial charge in [-0.3, -0.25) is 0 Å². The van der Waals surface area contributed by atoms with E-state index < -0.39 is 7.12 Å². The molecule has 0 atom stereocenters. The van der Waals surface area contributed by atoms with Crippen molar-refractivity contribution in [3.05, 3.63) is 48.6 Å². The van der Waals surface area contributed by atoms with Crippen molar-refractivity contribution < 1.29 is 10.0 Å². The molecule has 0 radical (unpaired) electrons. The van der Waals surface area contributed by atoms with Crippen LogP contribution in [-0.4, -0.2) is 17.2 Å². The van der Waals surface area contributed by atoms with Gasteiger partial charge in [-0.15, -0.1) is 6.58 Å². The first kappa shape index (κ1) is 11.9. The van der Waals surface area contributed by atoms with Gasteiger partial charge in [-0.1, -0.05) is 36.4 Å². The number of hydrogen-bond acceptors (Lipinski definition) is 2. The van der Waals surface area contributed by atoms with Gasteiger partial charge in [-0.25, -0.2) is 0 Å². The van der Waals surface area contributed by atoms with Crippen LogP contribution < -0.4 is 0 Å². The maximum Gasteiger partial charge on any atom is 0.448 e. The standard InChI is InChI=1S/C9H10.CH5BO2/c1-2-6-9-7-4-3-5-8-9;1-2(3)4/h2-5,7-8H,1,6H2;3-4H,1H3. The summed E-state index contributed by atoms with van der Waals surface area (Å²) in [6.45, 7) is 4.93. The van der Waals surface area contributed by atoms with Gasteiger partial charge in [-0.05, 0) is 18.8 Å². The molecule has 1 aromatic rings. The molecule has 2 nitrogen and oxygen atoms in total. The van der Waals surface area contributed by atoms with Crippen LogP contribution in [0, 0.1) is 0 Å². The van der Waals surface area contributed by atoms with Crippen molar-refractivity contribution in [3.8, 4) is 0 Å². The van der Waals surface area contributed by atoms with Gasteiger partial charge in [0.05, 0.1) is 0 Å². The lowest BCUT2D eigenvalue weighted by molar-refractivity contribution is 0.417. The smallest absolute Gasteiger partial charge is 0.427 e. The topological polar surface area (TPSA) is 40.5 Å². The lowest BCUT2D eigenvalue weighted by atomic mass is 9.99. The Morgan fingerprint density at radius 1 is 1.31 bits per heavy atom. The Morgan fingerprint density at radius 3 is 2.15 bits per heavy atom. The Labute approximate surface area is 79.7 Å². The third-order valence-electron chi connectivity index (χ3n) is 1.22. The van der Waals surface area contributed by atoms with Crippen LogP contribution in [0.3, 0.4) is 0 Å². The fourth-order valence-electron chi connectivity index (χ4n) is 0.781. The van der Waals surface area contributed by atoms with E-state index in [-0.39, 0.29) is 0 Å². The molecular formula is C10H15BO2. The highest BCUT2D eigenvalue weighted by atomic mass is 16.4. The van der Waals surface area contributed by atoms with E-state index >= 15 is 0 Å². The van der Waals surface area contributed by atoms with E-state index in [1.165, 1.54) is 12.4 Å². The zero-order valence-electron chi connectivity index (χ0n) is 7.85. The van der Waals surface area contributed by atoms with E-state index in [2.05, 4.69) is 18.7 Å². The molecule has 0 spiro atoms. The van der Waals surface area contributed by atoms with E-state index in [0.717, 1.165) is 6.42 Å². The molecule has 2 N–H and O–H groups in total. The summed E-state index contributed by atoms with van der Waals surface area (Å²) in [6.07, 6.45) is 2.89. The zero-order valence-corrected chi connectivity index (χ0v) is 7.85. The zero-order chi connectivity index (χ0) is 10.1. The van der Waals surface area contributed by atoms with Crippen LogP contribution >= 0.6 is 0 Å². The number of allylic oxidation sites excluding steroid dienone is 1. The quantitative estimate of drug-likeness (QED) is 0.532. The van der Waals surface area contributed by atoms with Crippen LogP contribution in [0.5, 0.6) is 0 Å². The minimum absolute atomic E-state index is 0.973. The van der Waals surface area contributed by atoms with Gasteiger partial charge >= 0.3 is 7.12 Å². The van der Waals surface area contributed by atoms with Gasteiger partial charge in [0.25, 0.3) is 0 Å². The van der Waals surface area contributed by atoms with Crippen LogP contribution in [0.2, 0.25) is 6.82 Å². The Kier molecular flexibility index (Phi) is 6.97. The molecule has 70 valence electrons. The number of benzene rings is 1. The van der Waals surface area contributed by atoms with E-state index in [9.17, 15) is 0 Å². The molecule has 0 unspecified atom stereocenters. The predicted molar refractivity (Wildman–Crippen MR) is 56.4 cm³/mol. The summed E-state index contributed by atoms with van der Waals surface area (Å²) < 4.78 is 0. The average Bonchev–Trinajstić information content (AvgIpc) is 2.06. The van der Waals surface area contributed by atoms with Gasteiger partial charge < -0.3 is 10.0 Å². The first-order valence-corrected chi connectivity index (χ1v) is 4.17. The first-order valence-electron chi connectivity index (χ1n) is 4.17. The molecule has 1 aromatic carbocycles. The molecule has 1 rings (SSSR count). The molecule has 0 heterocycles. The summed E-state index contributed by atoms with van der Waals surface area (Å²) >= 11 is 0. The van der Waals surface area contributed by atoms with Crippen LogP contribution in [-0.2, 0) is 6.42 Å². The Balaban J connectivity index is 0.000000310. The molecule has 0 saturated carbocycles. The summed E-state index contributed by atoms with van der Waals surface area (Å²) in [5.41, 5.74) is 1.33. The van der Waals surface area contributed by atoms with Crippen molar-refractivity contribution in [1.29, 1.82) is 0 Å². The fraction of sp³-hybridized carbons (Fsp3) is 0.200. The Hall–Kier alpha value is -1.06. The molecule has 0 fully saturated rings. The van der Waals surface area contributed by atoms with Crippen molar-refractivity contribution in [2.45, 2.75) is 13.2 Å². The SMILES string of the molecule is C=CCc1ccccc1.CB(O)O. The molecular weight excluding hydrogens is 163 g/mol. The fourth-order valence-corrected chi connectivity index (χ4v) is 0.781. The second kappa shape index (κ2) is 7.59. The summed E-state index contributed by atoms with van der Waals surface area (Å²) in [4.78, 5) is 0. The third kappa shape index (κ3) is 8.85. The number of hydrogen-bond donors (Lipinski definition) is 2. The van der Waals surface area contributed by atoms with Crippen LogP contribution in [0.25, 0.3) is 0 Å². The maximum absolute atomic E-state index is 7.61. The largest absolute Gasteiger partial charge is 0.448 e. The highest BCUT2D eigenvalue weighted by Crippen LogP contribution is 1.98. The second-order valence-electron chi connectivity index (χ2n) is 2.61. The Bertz CT molecular complexity index is 219. The van der Waals surface area contributed by atoms with Gasteiger partial charge in [0.2, 0.25) is 0 Å². The highest BCUT2D eigenvalue weighted by Gasteiger charge is 1.86. The molecule has 0 bridgehead atoms. The lowest BCUT2D eigenvalue weighted by Gasteiger charge is -1.91. The summed E-state index contributed by atoms with van der Waals surface area (Å²) in [6, 6.07) is 10.3. The van der Waals surface area contributed by atoms with E-state index in [0.29, 0.717) is 0 Å². The summed E-state index contributed by atoms with van der Waals surface area (Å²) in [5.74, 6) is 0. The van der Waals surface area contributed by atoms with Crippen LogP contribution in [0.4, 0.5) is 0 Å². The van der Waals surface area contributed by atoms with Crippen molar-refractivity contribution in [3.63, 3.8) is 0 Å². The van der Waals surface area contributed by atoms with Crippen molar-refractivity contribution in [2.24, 2.45) is 0 Å².